The quantitative estimate of drug-likeness (QED) is 0.567. The van der Waals surface area contributed by atoms with Crippen LogP contribution in [0.25, 0.3) is 10.9 Å². The van der Waals surface area contributed by atoms with Crippen LogP contribution in [0, 0.1) is 11.3 Å². The second-order valence-corrected chi connectivity index (χ2v) is 11.7. The molecule has 3 amide bonds. The highest BCUT2D eigenvalue weighted by Gasteiger charge is 2.41. The van der Waals surface area contributed by atoms with Crippen LogP contribution < -0.4 is 5.32 Å². The van der Waals surface area contributed by atoms with E-state index in [4.69, 9.17) is 4.74 Å². The third-order valence-corrected chi connectivity index (χ3v) is 7.75. The van der Waals surface area contributed by atoms with Crippen molar-refractivity contribution in [2.75, 3.05) is 13.1 Å². The van der Waals surface area contributed by atoms with E-state index in [2.05, 4.69) is 28.9 Å². The van der Waals surface area contributed by atoms with Gasteiger partial charge in [0.1, 0.15) is 17.7 Å². The number of benzene rings is 1. The molecule has 210 valence electrons. The summed E-state index contributed by atoms with van der Waals surface area (Å²) < 4.78 is 7.55. The molecule has 1 aromatic heterocycles. The highest BCUT2D eigenvalue weighted by atomic mass is 16.6. The number of hydrogen-bond acceptors (Lipinski definition) is 5. The lowest BCUT2D eigenvalue weighted by atomic mass is 10.1. The molecule has 0 saturated carbocycles. The molecular formula is C30H41N5O4. The second kappa shape index (κ2) is 11.7. The highest BCUT2D eigenvalue weighted by molar-refractivity contribution is 5.92. The van der Waals surface area contributed by atoms with Gasteiger partial charge < -0.3 is 24.4 Å². The van der Waals surface area contributed by atoms with Crippen molar-refractivity contribution in [3.8, 4) is 6.07 Å². The van der Waals surface area contributed by atoms with Crippen LogP contribution >= 0.6 is 0 Å². The smallest absolute Gasteiger partial charge is 0.408 e. The fraction of sp³-hybridized carbons (Fsp3) is 0.600. The number of nitriles is 1. The predicted molar refractivity (Wildman–Crippen MR) is 149 cm³/mol. The molecule has 3 atom stereocenters. The lowest BCUT2D eigenvalue weighted by Crippen LogP contribution is -2.54. The summed E-state index contributed by atoms with van der Waals surface area (Å²) in [6, 6.07) is 9.07. The summed E-state index contributed by atoms with van der Waals surface area (Å²) >= 11 is 0. The Kier molecular flexibility index (Phi) is 8.53. The van der Waals surface area contributed by atoms with E-state index in [0.29, 0.717) is 25.1 Å². The van der Waals surface area contributed by atoms with Gasteiger partial charge in [-0.15, -0.1) is 0 Å². The fourth-order valence-electron chi connectivity index (χ4n) is 5.98. The maximum atomic E-state index is 13.7. The van der Waals surface area contributed by atoms with Crippen LogP contribution in [0.4, 0.5) is 4.79 Å². The maximum absolute atomic E-state index is 13.7. The van der Waals surface area contributed by atoms with Gasteiger partial charge in [-0.2, -0.15) is 5.26 Å². The molecule has 3 heterocycles. The normalized spacial score (nSPS) is 20.2. The lowest BCUT2D eigenvalue weighted by Gasteiger charge is -2.33. The number of nitrogens with one attached hydrogen (secondary N) is 1. The third-order valence-electron chi connectivity index (χ3n) is 7.75. The molecule has 2 saturated heterocycles. The number of carbonyl (C=O) groups excluding carboxylic acids is 3. The summed E-state index contributed by atoms with van der Waals surface area (Å²) in [7, 11) is 0. The third kappa shape index (κ3) is 6.38. The number of rotatable bonds is 7. The van der Waals surface area contributed by atoms with Crippen molar-refractivity contribution in [1.29, 1.82) is 5.26 Å². The number of carbonyl (C=O) groups is 3. The monoisotopic (exact) mass is 535 g/mol. The van der Waals surface area contributed by atoms with Gasteiger partial charge in [0.15, 0.2) is 0 Å². The second-order valence-electron chi connectivity index (χ2n) is 11.7. The minimum atomic E-state index is -0.778. The summed E-state index contributed by atoms with van der Waals surface area (Å²) in [5.41, 5.74) is 2.27. The van der Waals surface area contributed by atoms with Gasteiger partial charge >= 0.3 is 6.09 Å². The van der Waals surface area contributed by atoms with E-state index in [1.165, 1.54) is 5.69 Å². The molecule has 1 N–H and O–H groups in total. The van der Waals surface area contributed by atoms with Crippen LogP contribution in [0.5, 0.6) is 0 Å². The van der Waals surface area contributed by atoms with Crippen LogP contribution in [0.1, 0.15) is 78.0 Å². The molecule has 9 nitrogen and oxygen atoms in total. The number of fused-ring (bicyclic) bond motifs is 1. The van der Waals surface area contributed by atoms with Crippen molar-refractivity contribution in [3.05, 3.63) is 35.5 Å². The van der Waals surface area contributed by atoms with Crippen molar-refractivity contribution in [2.24, 2.45) is 0 Å². The van der Waals surface area contributed by atoms with E-state index in [1.807, 2.05) is 23.1 Å². The van der Waals surface area contributed by atoms with Gasteiger partial charge in [0.25, 0.3) is 0 Å². The van der Waals surface area contributed by atoms with Crippen LogP contribution in [0.15, 0.2) is 24.3 Å². The van der Waals surface area contributed by atoms with E-state index in [-0.39, 0.29) is 17.9 Å². The molecule has 0 aliphatic carbocycles. The van der Waals surface area contributed by atoms with Crippen molar-refractivity contribution in [3.63, 3.8) is 0 Å². The SMILES string of the molecule is CCn1c(CC[C@@H]2CCCN2C(=O)[C@H]2CCCN2C(=O)[C@H](C)NC(=O)OC(C)(C)C)cc2ccc(C#N)cc21. The molecule has 0 bridgehead atoms. The first-order valence-electron chi connectivity index (χ1n) is 14.1. The molecule has 9 heteroatoms. The summed E-state index contributed by atoms with van der Waals surface area (Å²) in [6.07, 6.45) is 4.36. The Morgan fingerprint density at radius 2 is 1.85 bits per heavy atom. The molecule has 4 rings (SSSR count). The van der Waals surface area contributed by atoms with Crippen molar-refractivity contribution >= 4 is 28.8 Å². The van der Waals surface area contributed by atoms with Crippen LogP contribution in [0.3, 0.4) is 0 Å². The Morgan fingerprint density at radius 1 is 1.13 bits per heavy atom. The van der Waals surface area contributed by atoms with Crippen LogP contribution in [-0.4, -0.2) is 69.1 Å². The summed E-state index contributed by atoms with van der Waals surface area (Å²) in [4.78, 5) is 42.8. The molecule has 39 heavy (non-hydrogen) atoms. The van der Waals surface area contributed by atoms with Crippen molar-refractivity contribution in [1.82, 2.24) is 19.7 Å². The highest BCUT2D eigenvalue weighted by Crippen LogP contribution is 2.29. The van der Waals surface area contributed by atoms with Crippen molar-refractivity contribution in [2.45, 2.75) is 103 Å². The molecule has 0 spiro atoms. The van der Waals surface area contributed by atoms with Crippen LogP contribution in [-0.2, 0) is 27.3 Å². The maximum Gasteiger partial charge on any atom is 0.408 e. The Balaban J connectivity index is 1.41. The van der Waals surface area contributed by atoms with Gasteiger partial charge in [0, 0.05) is 36.9 Å². The molecule has 2 fully saturated rings. The molecule has 2 aliphatic rings. The lowest BCUT2D eigenvalue weighted by molar-refractivity contribution is -0.145. The summed E-state index contributed by atoms with van der Waals surface area (Å²) in [6.45, 7) is 11.1. The summed E-state index contributed by atoms with van der Waals surface area (Å²) in [5.74, 6) is -0.237. The zero-order valence-corrected chi connectivity index (χ0v) is 23.8. The Morgan fingerprint density at radius 3 is 2.54 bits per heavy atom. The Labute approximate surface area is 231 Å². The molecule has 0 radical (unpaired) electrons. The number of aryl methyl sites for hydroxylation is 2. The number of alkyl carbamates (subject to hydrolysis) is 1. The number of aromatic nitrogens is 1. The zero-order valence-electron chi connectivity index (χ0n) is 23.8. The summed E-state index contributed by atoms with van der Waals surface area (Å²) in [5, 5.41) is 13.0. The fourth-order valence-corrected chi connectivity index (χ4v) is 5.98. The first-order chi connectivity index (χ1) is 18.5. The van der Waals surface area contributed by atoms with Crippen LogP contribution in [0.2, 0.25) is 0 Å². The minimum Gasteiger partial charge on any atom is -0.444 e. The molecule has 2 aliphatic heterocycles. The first-order valence-corrected chi connectivity index (χ1v) is 14.1. The Bertz CT molecular complexity index is 1270. The van der Waals surface area contributed by atoms with Gasteiger partial charge in [-0.05, 0) is 96.7 Å². The molecular weight excluding hydrogens is 494 g/mol. The van der Waals surface area contributed by atoms with Gasteiger partial charge in [-0.1, -0.05) is 6.07 Å². The zero-order chi connectivity index (χ0) is 28.3. The van der Waals surface area contributed by atoms with Crippen molar-refractivity contribution < 1.29 is 19.1 Å². The van der Waals surface area contributed by atoms with E-state index in [1.54, 1.807) is 32.6 Å². The average Bonchev–Trinajstić information content (AvgIpc) is 3.62. The number of hydrogen-bond donors (Lipinski definition) is 1. The standard InChI is InChI=1S/C30H41N5O4/c1-6-33-24(18-22-12-11-21(19-31)17-26(22)33)14-13-23-9-7-15-34(23)28(37)25-10-8-16-35(25)27(36)20(2)32-29(38)39-30(3,4)5/h11-12,17-18,20,23,25H,6-10,13-16H2,1-5H3,(H,32,38)/t20-,23-,25+/m0/s1. The molecule has 1 aromatic carbocycles. The molecule has 0 unspecified atom stereocenters. The number of likely N-dealkylation sites (tertiary alicyclic amines) is 2. The van der Waals surface area contributed by atoms with E-state index >= 15 is 0 Å². The Hall–Kier alpha value is -3.54. The van der Waals surface area contributed by atoms with E-state index < -0.39 is 23.8 Å². The predicted octanol–water partition coefficient (Wildman–Crippen LogP) is 4.36. The van der Waals surface area contributed by atoms with Gasteiger partial charge in [0.05, 0.1) is 11.6 Å². The van der Waals surface area contributed by atoms with Gasteiger partial charge in [-0.3, -0.25) is 9.59 Å². The van der Waals surface area contributed by atoms with E-state index in [0.717, 1.165) is 49.6 Å². The first kappa shape index (κ1) is 28.5. The minimum absolute atomic E-state index is 0.0162. The molecule has 2 aromatic rings. The average molecular weight is 536 g/mol. The number of nitrogens with zero attached hydrogens (tertiary/aromatic N) is 4. The van der Waals surface area contributed by atoms with E-state index in [9.17, 15) is 19.6 Å². The number of ether oxygens (including phenoxy) is 1. The largest absolute Gasteiger partial charge is 0.444 e. The number of amides is 3. The van der Waals surface area contributed by atoms with Gasteiger partial charge in [0.2, 0.25) is 11.8 Å². The van der Waals surface area contributed by atoms with Gasteiger partial charge in [-0.25, -0.2) is 4.79 Å². The topological polar surface area (TPSA) is 108 Å².